The molecule has 0 rings (SSSR count). The average molecular weight is 190 g/mol. The van der Waals surface area contributed by atoms with Gasteiger partial charge in [0.25, 0.3) is 0 Å². The summed E-state index contributed by atoms with van der Waals surface area (Å²) in [6, 6.07) is 0. The van der Waals surface area contributed by atoms with Crippen LogP contribution in [0.25, 0.3) is 0 Å². The van der Waals surface area contributed by atoms with Crippen LogP contribution in [-0.4, -0.2) is 18.5 Å². The Bertz CT molecular complexity index is 119. The molecular weight excluding hydrogens is 179 g/mol. The highest BCUT2D eigenvalue weighted by Gasteiger charge is 2.39. The van der Waals surface area contributed by atoms with Gasteiger partial charge in [0.1, 0.15) is 0 Å². The second-order valence-electron chi connectivity index (χ2n) is 2.59. The van der Waals surface area contributed by atoms with Gasteiger partial charge in [0.2, 0.25) is 0 Å². The Morgan fingerprint density at radius 1 is 1.08 bits per heavy atom. The van der Waals surface area contributed by atoms with Crippen LogP contribution in [-0.2, 0) is 0 Å². The first-order valence-electron chi connectivity index (χ1n) is 3.72. The lowest BCUT2D eigenvalue weighted by Gasteiger charge is -2.12. The fraction of sp³-hybridized carbons (Fsp3) is 1.00. The SMILES string of the molecule is CCC(F)CC[C@H](F)C(F)(F)F. The predicted octanol–water partition coefficient (Wildman–Crippen LogP) is 3.42. The van der Waals surface area contributed by atoms with Crippen molar-refractivity contribution in [3.8, 4) is 0 Å². The molecule has 0 spiro atoms. The third-order valence-corrected chi connectivity index (χ3v) is 1.53. The largest absolute Gasteiger partial charge is 0.419 e. The monoisotopic (exact) mass is 190 g/mol. The molecule has 1 unspecified atom stereocenters. The zero-order valence-corrected chi connectivity index (χ0v) is 6.67. The molecule has 0 radical (unpaired) electrons. The Morgan fingerprint density at radius 3 is 1.92 bits per heavy atom. The smallest absolute Gasteiger partial charge is 0.248 e. The molecule has 12 heavy (non-hydrogen) atoms. The quantitative estimate of drug-likeness (QED) is 0.596. The molecule has 0 aliphatic rings. The molecule has 0 saturated heterocycles. The summed E-state index contributed by atoms with van der Waals surface area (Å²) in [4.78, 5) is 0. The first-order valence-corrected chi connectivity index (χ1v) is 3.72. The molecule has 5 heteroatoms. The normalized spacial score (nSPS) is 17.5. The Hall–Kier alpha value is -0.350. The van der Waals surface area contributed by atoms with Crippen molar-refractivity contribution in [1.29, 1.82) is 0 Å². The maximum atomic E-state index is 12.3. The van der Waals surface area contributed by atoms with Gasteiger partial charge in [0, 0.05) is 0 Å². The molecule has 0 amide bonds. The molecule has 0 aliphatic heterocycles. The van der Waals surface area contributed by atoms with Crippen molar-refractivity contribution in [1.82, 2.24) is 0 Å². The molecule has 0 N–H and O–H groups in total. The lowest BCUT2D eigenvalue weighted by molar-refractivity contribution is -0.182. The van der Waals surface area contributed by atoms with E-state index in [0.29, 0.717) is 0 Å². The van der Waals surface area contributed by atoms with Crippen LogP contribution in [0.15, 0.2) is 0 Å². The first-order chi connectivity index (χ1) is 5.38. The molecule has 0 saturated carbocycles. The van der Waals surface area contributed by atoms with Crippen LogP contribution in [0.3, 0.4) is 0 Å². The van der Waals surface area contributed by atoms with E-state index in [4.69, 9.17) is 0 Å². The van der Waals surface area contributed by atoms with Crippen LogP contribution < -0.4 is 0 Å². The van der Waals surface area contributed by atoms with Crippen LogP contribution in [0.4, 0.5) is 22.0 Å². The van der Waals surface area contributed by atoms with Gasteiger partial charge in [-0.05, 0) is 19.3 Å². The zero-order chi connectivity index (χ0) is 9.78. The third kappa shape index (κ3) is 4.51. The van der Waals surface area contributed by atoms with Gasteiger partial charge >= 0.3 is 6.18 Å². The topological polar surface area (TPSA) is 0 Å². The predicted molar refractivity (Wildman–Crippen MR) is 35.4 cm³/mol. The summed E-state index contributed by atoms with van der Waals surface area (Å²) in [7, 11) is 0. The summed E-state index contributed by atoms with van der Waals surface area (Å²) in [6.07, 6.45) is -10.1. The van der Waals surface area contributed by atoms with Crippen LogP contribution >= 0.6 is 0 Å². The van der Waals surface area contributed by atoms with E-state index >= 15 is 0 Å². The highest BCUT2D eigenvalue weighted by atomic mass is 19.4. The van der Waals surface area contributed by atoms with E-state index in [2.05, 4.69) is 0 Å². The standard InChI is InChI=1S/C7H11F5/c1-2-5(8)3-4-6(9)7(10,11)12/h5-6H,2-4H2,1H3/t5?,6-/m0/s1. The highest BCUT2D eigenvalue weighted by Crippen LogP contribution is 2.27. The molecule has 0 heterocycles. The summed E-state index contributed by atoms with van der Waals surface area (Å²) in [5, 5.41) is 0. The summed E-state index contributed by atoms with van der Waals surface area (Å²) in [5.74, 6) is 0. The van der Waals surface area contributed by atoms with Crippen molar-refractivity contribution >= 4 is 0 Å². The third-order valence-electron chi connectivity index (χ3n) is 1.53. The lowest BCUT2D eigenvalue weighted by Crippen LogP contribution is -2.25. The Kier molecular flexibility index (Phi) is 4.49. The maximum Gasteiger partial charge on any atom is 0.419 e. The van der Waals surface area contributed by atoms with Crippen molar-refractivity contribution in [3.63, 3.8) is 0 Å². The van der Waals surface area contributed by atoms with Crippen molar-refractivity contribution in [3.05, 3.63) is 0 Å². The molecule has 0 aromatic carbocycles. The molecule has 0 nitrogen and oxygen atoms in total. The van der Waals surface area contributed by atoms with Crippen molar-refractivity contribution in [2.75, 3.05) is 0 Å². The van der Waals surface area contributed by atoms with Gasteiger partial charge in [0.05, 0.1) is 6.17 Å². The van der Waals surface area contributed by atoms with Crippen LogP contribution in [0, 0.1) is 0 Å². The maximum absolute atomic E-state index is 12.3. The minimum atomic E-state index is -4.84. The Labute approximate surface area is 67.8 Å². The van der Waals surface area contributed by atoms with E-state index in [0.717, 1.165) is 0 Å². The van der Waals surface area contributed by atoms with Crippen molar-refractivity contribution < 1.29 is 22.0 Å². The average Bonchev–Trinajstić information content (AvgIpc) is 1.97. The molecule has 74 valence electrons. The highest BCUT2D eigenvalue weighted by molar-refractivity contribution is 4.67. The number of alkyl halides is 5. The molecule has 0 fully saturated rings. The summed E-state index contributed by atoms with van der Waals surface area (Å²) >= 11 is 0. The van der Waals surface area contributed by atoms with Crippen LogP contribution in [0.5, 0.6) is 0 Å². The lowest BCUT2D eigenvalue weighted by atomic mass is 10.1. The molecule has 0 aromatic rings. The van der Waals surface area contributed by atoms with Gasteiger partial charge in [-0.3, -0.25) is 0 Å². The first kappa shape index (κ1) is 11.6. The van der Waals surface area contributed by atoms with Gasteiger partial charge < -0.3 is 0 Å². The second-order valence-corrected chi connectivity index (χ2v) is 2.59. The van der Waals surface area contributed by atoms with E-state index < -0.39 is 24.9 Å². The second kappa shape index (κ2) is 4.62. The fourth-order valence-electron chi connectivity index (χ4n) is 0.695. The number of halogens is 5. The van der Waals surface area contributed by atoms with Gasteiger partial charge in [-0.15, -0.1) is 0 Å². The van der Waals surface area contributed by atoms with Gasteiger partial charge in [-0.1, -0.05) is 6.92 Å². The fourth-order valence-corrected chi connectivity index (χ4v) is 0.695. The van der Waals surface area contributed by atoms with E-state index in [1.165, 1.54) is 6.92 Å². The molecule has 0 aliphatic carbocycles. The van der Waals surface area contributed by atoms with Crippen molar-refractivity contribution in [2.45, 2.75) is 44.7 Å². The minimum Gasteiger partial charge on any atom is -0.248 e. The minimum absolute atomic E-state index is 0.130. The Balaban J connectivity index is 3.64. The molecule has 2 atom stereocenters. The van der Waals surface area contributed by atoms with Crippen LogP contribution in [0.2, 0.25) is 0 Å². The van der Waals surface area contributed by atoms with Gasteiger partial charge in [-0.25, -0.2) is 8.78 Å². The van der Waals surface area contributed by atoms with Gasteiger partial charge in [-0.2, -0.15) is 13.2 Å². The molecular formula is C7H11F5. The zero-order valence-electron chi connectivity index (χ0n) is 6.67. The Morgan fingerprint density at radius 2 is 1.58 bits per heavy atom. The van der Waals surface area contributed by atoms with Gasteiger partial charge in [0.15, 0.2) is 6.17 Å². The molecule has 0 aromatic heterocycles. The van der Waals surface area contributed by atoms with Crippen molar-refractivity contribution in [2.24, 2.45) is 0 Å². The van der Waals surface area contributed by atoms with E-state index in [-0.39, 0.29) is 12.8 Å². The number of hydrogen-bond acceptors (Lipinski definition) is 0. The van der Waals surface area contributed by atoms with Crippen LogP contribution in [0.1, 0.15) is 26.2 Å². The number of hydrogen-bond donors (Lipinski definition) is 0. The van der Waals surface area contributed by atoms with E-state index in [1.807, 2.05) is 0 Å². The van der Waals surface area contributed by atoms with E-state index in [9.17, 15) is 22.0 Å². The number of rotatable bonds is 4. The summed E-state index contributed by atoms with van der Waals surface area (Å²) in [5.41, 5.74) is 0. The summed E-state index contributed by atoms with van der Waals surface area (Å²) < 4.78 is 59.0. The van der Waals surface area contributed by atoms with E-state index in [1.54, 1.807) is 0 Å². The molecule has 0 bridgehead atoms. The summed E-state index contributed by atoms with van der Waals surface area (Å²) in [6.45, 7) is 1.51.